The molecule has 22 heavy (non-hydrogen) atoms. The number of methoxy groups -OCH3 is 1. The summed E-state index contributed by atoms with van der Waals surface area (Å²) >= 11 is 0. The molecule has 1 aromatic rings. The Morgan fingerprint density at radius 1 is 1.05 bits per heavy atom. The molecule has 0 amide bonds. The Balaban J connectivity index is 3.45. The maximum absolute atomic E-state index is 13.7. The van der Waals surface area contributed by atoms with Crippen LogP contribution in [0.5, 0.6) is 5.75 Å². The molecular weight excluding hydrogens is 298 g/mol. The van der Waals surface area contributed by atoms with Gasteiger partial charge >= 0.3 is 11.9 Å². The quantitative estimate of drug-likeness (QED) is 0.571. The SMILES string of the molecule is CCOC(=O)C(C(=O)OCC)(c1ccc(OC)cc1)C(F)F. The second kappa shape index (κ2) is 7.72. The van der Waals surface area contributed by atoms with Crippen molar-refractivity contribution in [2.75, 3.05) is 20.3 Å². The van der Waals surface area contributed by atoms with E-state index in [0.29, 0.717) is 5.75 Å². The molecule has 122 valence electrons. The fraction of sp³-hybridized carbons (Fsp3) is 0.467. The molecule has 1 aromatic carbocycles. The van der Waals surface area contributed by atoms with Crippen LogP contribution in [0.2, 0.25) is 0 Å². The highest BCUT2D eigenvalue weighted by Gasteiger charge is 2.58. The van der Waals surface area contributed by atoms with Crippen molar-refractivity contribution in [1.82, 2.24) is 0 Å². The van der Waals surface area contributed by atoms with Crippen molar-refractivity contribution < 1.29 is 32.6 Å². The van der Waals surface area contributed by atoms with E-state index in [1.54, 1.807) is 0 Å². The predicted octanol–water partition coefficient (Wildman–Crippen LogP) is 2.32. The molecule has 0 saturated heterocycles. The molecule has 0 aliphatic rings. The Bertz CT molecular complexity index is 495. The van der Waals surface area contributed by atoms with Crippen molar-refractivity contribution >= 4 is 11.9 Å². The zero-order valence-corrected chi connectivity index (χ0v) is 12.6. The number of carbonyl (C=O) groups is 2. The summed E-state index contributed by atoms with van der Waals surface area (Å²) in [6.07, 6.45) is -3.32. The number of carbonyl (C=O) groups excluding carboxylic acids is 2. The zero-order chi connectivity index (χ0) is 16.8. The molecule has 5 nitrogen and oxygen atoms in total. The monoisotopic (exact) mass is 316 g/mol. The standard InChI is InChI=1S/C15H18F2O5/c1-4-21-13(18)15(12(16)17,14(19)22-5-2)10-6-8-11(20-3)9-7-10/h6-9,12H,4-5H2,1-3H3. The van der Waals surface area contributed by atoms with Gasteiger partial charge in [0, 0.05) is 0 Å². The van der Waals surface area contributed by atoms with Gasteiger partial charge in [-0.15, -0.1) is 0 Å². The maximum atomic E-state index is 13.7. The van der Waals surface area contributed by atoms with Crippen LogP contribution in [0.4, 0.5) is 8.78 Å². The van der Waals surface area contributed by atoms with Gasteiger partial charge in [-0.1, -0.05) is 12.1 Å². The van der Waals surface area contributed by atoms with Crippen LogP contribution in [-0.2, 0) is 24.5 Å². The number of esters is 2. The smallest absolute Gasteiger partial charge is 0.334 e. The van der Waals surface area contributed by atoms with Crippen molar-refractivity contribution in [2.24, 2.45) is 0 Å². The second-order valence-electron chi connectivity index (χ2n) is 4.28. The minimum absolute atomic E-state index is 0.136. The number of halogens is 2. The molecule has 0 N–H and O–H groups in total. The number of benzene rings is 1. The summed E-state index contributed by atoms with van der Waals surface area (Å²) in [5.41, 5.74) is -3.02. The van der Waals surface area contributed by atoms with E-state index < -0.39 is 23.8 Å². The van der Waals surface area contributed by atoms with Gasteiger partial charge in [-0.2, -0.15) is 0 Å². The lowest BCUT2D eigenvalue weighted by atomic mass is 9.80. The van der Waals surface area contributed by atoms with E-state index in [4.69, 9.17) is 14.2 Å². The highest BCUT2D eigenvalue weighted by atomic mass is 19.3. The van der Waals surface area contributed by atoms with Crippen molar-refractivity contribution in [2.45, 2.75) is 25.7 Å². The van der Waals surface area contributed by atoms with Crippen LogP contribution in [0.25, 0.3) is 0 Å². The molecule has 7 heteroatoms. The van der Waals surface area contributed by atoms with Gasteiger partial charge in [-0.05, 0) is 31.5 Å². The van der Waals surface area contributed by atoms with E-state index in [9.17, 15) is 18.4 Å². The van der Waals surface area contributed by atoms with Gasteiger partial charge in [0.25, 0.3) is 6.43 Å². The first-order valence-corrected chi connectivity index (χ1v) is 6.72. The third-order valence-electron chi connectivity index (χ3n) is 3.07. The molecule has 0 spiro atoms. The fourth-order valence-corrected chi connectivity index (χ4v) is 1.97. The lowest BCUT2D eigenvalue weighted by Gasteiger charge is -2.28. The van der Waals surface area contributed by atoms with Crippen LogP contribution in [0.3, 0.4) is 0 Å². The summed E-state index contributed by atoms with van der Waals surface area (Å²) in [7, 11) is 1.41. The van der Waals surface area contributed by atoms with Crippen molar-refractivity contribution in [1.29, 1.82) is 0 Å². The van der Waals surface area contributed by atoms with Gasteiger partial charge in [0.15, 0.2) is 0 Å². The summed E-state index contributed by atoms with van der Waals surface area (Å²) < 4.78 is 41.8. The first kappa shape index (κ1) is 17.9. The van der Waals surface area contributed by atoms with Gasteiger partial charge < -0.3 is 14.2 Å². The van der Waals surface area contributed by atoms with Gasteiger partial charge in [0.05, 0.1) is 20.3 Å². The largest absolute Gasteiger partial charge is 0.497 e. The van der Waals surface area contributed by atoms with Crippen LogP contribution >= 0.6 is 0 Å². The third-order valence-corrected chi connectivity index (χ3v) is 3.07. The molecule has 0 atom stereocenters. The first-order chi connectivity index (χ1) is 10.4. The average Bonchev–Trinajstić information content (AvgIpc) is 2.49. The highest BCUT2D eigenvalue weighted by molar-refractivity contribution is 6.07. The second-order valence-corrected chi connectivity index (χ2v) is 4.28. The Morgan fingerprint density at radius 3 is 1.82 bits per heavy atom. The molecule has 0 fully saturated rings. The van der Waals surface area contributed by atoms with E-state index >= 15 is 0 Å². The van der Waals surface area contributed by atoms with E-state index in [2.05, 4.69) is 0 Å². The van der Waals surface area contributed by atoms with Crippen LogP contribution < -0.4 is 4.74 Å². The van der Waals surface area contributed by atoms with Crippen molar-refractivity contribution in [3.63, 3.8) is 0 Å². The Hall–Kier alpha value is -2.18. The lowest BCUT2D eigenvalue weighted by Crippen LogP contribution is -2.51. The topological polar surface area (TPSA) is 61.8 Å². The Labute approximate surface area is 127 Å². The summed E-state index contributed by atoms with van der Waals surface area (Å²) in [6, 6.07) is 5.20. The summed E-state index contributed by atoms with van der Waals surface area (Å²) in [5, 5.41) is 0. The van der Waals surface area contributed by atoms with E-state index in [-0.39, 0.29) is 18.8 Å². The molecule has 0 radical (unpaired) electrons. The minimum Gasteiger partial charge on any atom is -0.497 e. The van der Waals surface area contributed by atoms with Crippen molar-refractivity contribution in [3.05, 3.63) is 29.8 Å². The predicted molar refractivity (Wildman–Crippen MR) is 73.9 cm³/mol. The normalized spacial score (nSPS) is 11.2. The zero-order valence-electron chi connectivity index (χ0n) is 12.6. The number of hydrogen-bond donors (Lipinski definition) is 0. The van der Waals surface area contributed by atoms with E-state index in [0.717, 1.165) is 0 Å². The Morgan fingerprint density at radius 2 is 1.50 bits per heavy atom. The third kappa shape index (κ3) is 3.18. The Kier molecular flexibility index (Phi) is 6.27. The summed E-state index contributed by atoms with van der Waals surface area (Å²) in [4.78, 5) is 24.3. The highest BCUT2D eigenvalue weighted by Crippen LogP contribution is 2.35. The van der Waals surface area contributed by atoms with Crippen molar-refractivity contribution in [3.8, 4) is 5.75 Å². The minimum atomic E-state index is -3.32. The van der Waals surface area contributed by atoms with Crippen LogP contribution in [0, 0.1) is 0 Å². The first-order valence-electron chi connectivity index (χ1n) is 6.72. The van der Waals surface area contributed by atoms with Gasteiger partial charge in [0.2, 0.25) is 5.41 Å². The molecule has 0 aliphatic carbocycles. The average molecular weight is 316 g/mol. The molecule has 0 aliphatic heterocycles. The van der Waals surface area contributed by atoms with Gasteiger partial charge in [-0.3, -0.25) is 9.59 Å². The summed E-state index contributed by atoms with van der Waals surface area (Å²) in [5.74, 6) is -2.28. The number of hydrogen-bond acceptors (Lipinski definition) is 5. The molecule has 0 saturated carbocycles. The number of ether oxygens (including phenoxy) is 3. The maximum Gasteiger partial charge on any atom is 0.334 e. The molecule has 0 unspecified atom stereocenters. The fourth-order valence-electron chi connectivity index (χ4n) is 1.97. The van der Waals surface area contributed by atoms with Gasteiger partial charge in [-0.25, -0.2) is 8.78 Å². The molecule has 0 bridgehead atoms. The summed E-state index contributed by atoms with van der Waals surface area (Å²) in [6.45, 7) is 2.66. The van der Waals surface area contributed by atoms with Gasteiger partial charge in [0.1, 0.15) is 5.75 Å². The molecular formula is C15H18F2O5. The van der Waals surface area contributed by atoms with Crippen LogP contribution in [0.1, 0.15) is 19.4 Å². The molecule has 0 heterocycles. The lowest BCUT2D eigenvalue weighted by molar-refractivity contribution is -0.173. The number of alkyl halides is 2. The van der Waals surface area contributed by atoms with Crippen LogP contribution in [0.15, 0.2) is 24.3 Å². The molecule has 0 aromatic heterocycles. The van der Waals surface area contributed by atoms with Crippen LogP contribution in [-0.4, -0.2) is 38.7 Å². The van der Waals surface area contributed by atoms with E-state index in [1.165, 1.54) is 45.2 Å². The number of rotatable bonds is 7. The molecule has 1 rings (SSSR count). The van der Waals surface area contributed by atoms with E-state index in [1.807, 2.05) is 0 Å².